The van der Waals surface area contributed by atoms with E-state index in [0.717, 1.165) is 5.69 Å². The lowest BCUT2D eigenvalue weighted by Crippen LogP contribution is -2.48. The van der Waals surface area contributed by atoms with E-state index in [1.807, 2.05) is 13.8 Å². The minimum absolute atomic E-state index is 0.0232. The minimum Gasteiger partial charge on any atom is -0.497 e. The second-order valence-corrected chi connectivity index (χ2v) is 9.00. The zero-order chi connectivity index (χ0) is 25.4. The SMILES string of the molecule is COc1ccc(NC(=O)N(C)C[C@@H]2OCc3cnnn3CCCC(=O)N([C@@H](C)CO)C[C@H]2C)cc1. The van der Waals surface area contributed by atoms with E-state index in [1.165, 1.54) is 0 Å². The van der Waals surface area contributed by atoms with E-state index < -0.39 is 0 Å². The number of ether oxygens (including phenoxy) is 2. The Labute approximate surface area is 206 Å². The number of aliphatic hydroxyl groups excluding tert-OH is 1. The molecule has 3 atom stereocenters. The number of carbonyl (C=O) groups is 2. The fourth-order valence-corrected chi connectivity index (χ4v) is 3.99. The number of nitrogens with one attached hydrogen (secondary N) is 1. The van der Waals surface area contributed by atoms with Crippen LogP contribution in [0.2, 0.25) is 0 Å². The summed E-state index contributed by atoms with van der Waals surface area (Å²) in [6, 6.07) is 6.51. The van der Waals surface area contributed by atoms with Gasteiger partial charge in [0, 0.05) is 44.7 Å². The van der Waals surface area contributed by atoms with Crippen LogP contribution in [0.1, 0.15) is 32.4 Å². The maximum atomic E-state index is 13.0. The van der Waals surface area contributed by atoms with Crippen LogP contribution in [-0.4, -0.2) is 87.8 Å². The fraction of sp³-hybridized carbons (Fsp3) is 0.583. The van der Waals surface area contributed by atoms with Crippen molar-refractivity contribution in [2.45, 2.75) is 52.0 Å². The van der Waals surface area contributed by atoms with Crippen molar-refractivity contribution in [2.75, 3.05) is 39.2 Å². The number of anilines is 1. The van der Waals surface area contributed by atoms with Gasteiger partial charge in [-0.05, 0) is 37.6 Å². The molecule has 1 aromatic carbocycles. The number of carbonyl (C=O) groups excluding carboxylic acids is 2. The van der Waals surface area contributed by atoms with E-state index in [9.17, 15) is 14.7 Å². The zero-order valence-corrected chi connectivity index (χ0v) is 20.9. The number of benzene rings is 1. The highest BCUT2D eigenvalue weighted by molar-refractivity contribution is 5.89. The highest BCUT2D eigenvalue weighted by Crippen LogP contribution is 2.19. The van der Waals surface area contributed by atoms with Gasteiger partial charge in [0.15, 0.2) is 0 Å². The molecule has 11 nitrogen and oxygen atoms in total. The Morgan fingerprint density at radius 3 is 2.80 bits per heavy atom. The van der Waals surface area contributed by atoms with Gasteiger partial charge in [0.25, 0.3) is 0 Å². The number of aliphatic hydroxyl groups is 1. The van der Waals surface area contributed by atoms with E-state index in [4.69, 9.17) is 9.47 Å². The normalized spacial score (nSPS) is 20.3. The summed E-state index contributed by atoms with van der Waals surface area (Å²) in [6.45, 7) is 5.26. The number of methoxy groups -OCH3 is 1. The van der Waals surface area contributed by atoms with Gasteiger partial charge in [0.05, 0.1) is 44.4 Å². The van der Waals surface area contributed by atoms with E-state index in [1.54, 1.807) is 59.1 Å². The number of nitrogens with zero attached hydrogens (tertiary/aromatic N) is 5. The second-order valence-electron chi connectivity index (χ2n) is 9.00. The van der Waals surface area contributed by atoms with Crippen molar-refractivity contribution in [3.8, 4) is 5.75 Å². The molecular weight excluding hydrogens is 452 g/mol. The standard InChI is InChI=1S/C24H36N6O5/c1-17-13-29(18(2)15-31)23(32)6-5-11-30-20(12-25-27-30)16-35-22(17)14-28(3)24(33)26-19-7-9-21(34-4)10-8-19/h7-10,12,17-18,22,31H,5-6,11,13-16H2,1-4H3,(H,26,33)/t17-,18+,22+/m1/s1. The summed E-state index contributed by atoms with van der Waals surface area (Å²) in [5.41, 5.74) is 1.47. The maximum absolute atomic E-state index is 13.0. The van der Waals surface area contributed by atoms with Crippen molar-refractivity contribution in [2.24, 2.45) is 5.92 Å². The molecule has 1 aliphatic heterocycles. The summed E-state index contributed by atoms with van der Waals surface area (Å²) >= 11 is 0. The Morgan fingerprint density at radius 2 is 2.11 bits per heavy atom. The number of hydrogen-bond donors (Lipinski definition) is 2. The number of likely N-dealkylation sites (N-methyl/N-ethyl adjacent to an activating group) is 1. The number of amides is 3. The van der Waals surface area contributed by atoms with Crippen molar-refractivity contribution in [1.29, 1.82) is 0 Å². The number of urea groups is 1. The molecule has 0 spiro atoms. The summed E-state index contributed by atoms with van der Waals surface area (Å²) in [4.78, 5) is 29.1. The largest absolute Gasteiger partial charge is 0.497 e. The number of rotatable bonds is 6. The van der Waals surface area contributed by atoms with Crippen molar-refractivity contribution in [3.63, 3.8) is 0 Å². The Bertz CT molecular complexity index is 966. The first-order valence-corrected chi connectivity index (χ1v) is 11.9. The third-order valence-electron chi connectivity index (χ3n) is 6.28. The molecular formula is C24H36N6O5. The molecule has 0 fully saturated rings. The average Bonchev–Trinajstić information content (AvgIpc) is 3.31. The van der Waals surface area contributed by atoms with Crippen LogP contribution in [0.15, 0.2) is 30.5 Å². The van der Waals surface area contributed by atoms with Gasteiger partial charge in [0.2, 0.25) is 5.91 Å². The fourth-order valence-electron chi connectivity index (χ4n) is 3.99. The van der Waals surface area contributed by atoms with Crippen LogP contribution in [0, 0.1) is 5.92 Å². The number of aryl methyl sites for hydroxylation is 1. The lowest BCUT2D eigenvalue weighted by molar-refractivity contribution is -0.136. The van der Waals surface area contributed by atoms with Crippen LogP contribution in [0.5, 0.6) is 5.75 Å². The molecule has 35 heavy (non-hydrogen) atoms. The summed E-state index contributed by atoms with van der Waals surface area (Å²) in [5, 5.41) is 20.7. The van der Waals surface area contributed by atoms with Crippen LogP contribution in [0.3, 0.4) is 0 Å². The lowest BCUT2D eigenvalue weighted by Gasteiger charge is -2.35. The van der Waals surface area contributed by atoms with E-state index in [2.05, 4.69) is 15.6 Å². The molecule has 0 unspecified atom stereocenters. The van der Waals surface area contributed by atoms with Crippen LogP contribution in [0.4, 0.5) is 10.5 Å². The van der Waals surface area contributed by atoms with Crippen LogP contribution in [0.25, 0.3) is 0 Å². The number of aromatic nitrogens is 3. The molecule has 0 radical (unpaired) electrons. The van der Waals surface area contributed by atoms with E-state index in [0.29, 0.717) is 50.5 Å². The Morgan fingerprint density at radius 1 is 1.37 bits per heavy atom. The minimum atomic E-state index is -0.370. The molecule has 0 aliphatic carbocycles. The van der Waals surface area contributed by atoms with Crippen LogP contribution in [-0.2, 0) is 22.7 Å². The molecule has 0 saturated heterocycles. The number of hydrogen-bond acceptors (Lipinski definition) is 7. The molecule has 2 heterocycles. The molecule has 0 bridgehead atoms. The Balaban J connectivity index is 1.74. The molecule has 1 aromatic heterocycles. The van der Waals surface area contributed by atoms with Gasteiger partial charge in [0.1, 0.15) is 5.75 Å². The van der Waals surface area contributed by atoms with Crippen molar-refractivity contribution in [1.82, 2.24) is 24.8 Å². The van der Waals surface area contributed by atoms with Crippen molar-refractivity contribution in [3.05, 3.63) is 36.2 Å². The summed E-state index contributed by atoms with van der Waals surface area (Å²) in [7, 11) is 3.29. The van der Waals surface area contributed by atoms with Crippen molar-refractivity contribution < 1.29 is 24.2 Å². The van der Waals surface area contributed by atoms with E-state index >= 15 is 0 Å². The van der Waals surface area contributed by atoms with Gasteiger partial charge in [-0.2, -0.15) is 0 Å². The Hall–Kier alpha value is -3.18. The molecule has 2 aromatic rings. The molecule has 0 saturated carbocycles. The molecule has 192 valence electrons. The molecule has 11 heteroatoms. The van der Waals surface area contributed by atoms with Gasteiger partial charge >= 0.3 is 6.03 Å². The molecule has 1 aliphatic rings. The quantitative estimate of drug-likeness (QED) is 0.637. The Kier molecular flexibility index (Phi) is 9.44. The first kappa shape index (κ1) is 26.4. The van der Waals surface area contributed by atoms with Crippen LogP contribution >= 0.6 is 0 Å². The summed E-state index contributed by atoms with van der Waals surface area (Å²) in [5.74, 6) is 0.578. The molecule has 3 amide bonds. The highest BCUT2D eigenvalue weighted by Gasteiger charge is 2.29. The van der Waals surface area contributed by atoms with E-state index in [-0.39, 0.29) is 36.6 Å². The lowest BCUT2D eigenvalue weighted by atomic mass is 10.0. The highest BCUT2D eigenvalue weighted by atomic mass is 16.5. The second kappa shape index (κ2) is 12.5. The summed E-state index contributed by atoms with van der Waals surface area (Å²) in [6.07, 6.45) is 2.27. The number of fused-ring (bicyclic) bond motifs is 1. The monoisotopic (exact) mass is 488 g/mol. The predicted octanol–water partition coefficient (Wildman–Crippen LogP) is 1.98. The topological polar surface area (TPSA) is 122 Å². The van der Waals surface area contributed by atoms with Crippen LogP contribution < -0.4 is 10.1 Å². The third kappa shape index (κ3) is 7.15. The van der Waals surface area contributed by atoms with Gasteiger partial charge < -0.3 is 29.7 Å². The smallest absolute Gasteiger partial charge is 0.321 e. The first-order valence-electron chi connectivity index (χ1n) is 11.9. The van der Waals surface area contributed by atoms with Gasteiger partial charge in [-0.1, -0.05) is 12.1 Å². The zero-order valence-electron chi connectivity index (χ0n) is 20.9. The molecule has 3 rings (SSSR count). The summed E-state index contributed by atoms with van der Waals surface area (Å²) < 4.78 is 13.2. The maximum Gasteiger partial charge on any atom is 0.321 e. The molecule has 2 N–H and O–H groups in total. The first-order chi connectivity index (χ1) is 16.8. The van der Waals surface area contributed by atoms with Gasteiger partial charge in [-0.3, -0.25) is 4.79 Å². The third-order valence-corrected chi connectivity index (χ3v) is 6.28. The average molecular weight is 489 g/mol. The van der Waals surface area contributed by atoms with Gasteiger partial charge in [-0.25, -0.2) is 9.48 Å². The van der Waals surface area contributed by atoms with Crippen molar-refractivity contribution >= 4 is 17.6 Å². The van der Waals surface area contributed by atoms with Gasteiger partial charge in [-0.15, -0.1) is 5.10 Å². The predicted molar refractivity (Wildman–Crippen MR) is 130 cm³/mol.